The van der Waals surface area contributed by atoms with E-state index in [1.54, 1.807) is 6.92 Å². The van der Waals surface area contributed by atoms with E-state index in [0.29, 0.717) is 5.25 Å². The lowest BCUT2D eigenvalue weighted by Crippen LogP contribution is -2.38. The lowest BCUT2D eigenvalue weighted by Gasteiger charge is -2.24. The summed E-state index contributed by atoms with van der Waals surface area (Å²) in [6.07, 6.45) is 3.88. The van der Waals surface area contributed by atoms with Crippen LogP contribution in [0.5, 0.6) is 0 Å². The minimum atomic E-state index is -1.00. The Balaban J connectivity index is 2.34. The second-order valence-electron chi connectivity index (χ2n) is 5.42. The maximum absolute atomic E-state index is 11.6. The molecule has 8 heteroatoms. The fourth-order valence-electron chi connectivity index (χ4n) is 2.29. The Morgan fingerprint density at radius 3 is 2.43 bits per heavy atom. The minimum absolute atomic E-state index is 0.0240. The van der Waals surface area contributed by atoms with Crippen LogP contribution in [-0.4, -0.2) is 46.5 Å². The Morgan fingerprint density at radius 2 is 1.87 bits per heavy atom. The van der Waals surface area contributed by atoms with Crippen molar-refractivity contribution >= 4 is 29.8 Å². The molecule has 0 aromatic carbocycles. The number of hydrogen-bond acceptors (Lipinski definition) is 6. The van der Waals surface area contributed by atoms with Crippen LogP contribution in [0, 0.1) is 0 Å². The van der Waals surface area contributed by atoms with Crippen molar-refractivity contribution in [3.05, 3.63) is 0 Å². The molecule has 1 amide bonds. The maximum atomic E-state index is 11.6. The minimum Gasteiger partial charge on any atom is -0.480 e. The van der Waals surface area contributed by atoms with Crippen molar-refractivity contribution in [3.63, 3.8) is 0 Å². The van der Waals surface area contributed by atoms with Crippen molar-refractivity contribution in [1.82, 2.24) is 5.32 Å². The number of carboxylic acids is 1. The van der Waals surface area contributed by atoms with Crippen LogP contribution in [0.3, 0.4) is 0 Å². The van der Waals surface area contributed by atoms with Crippen molar-refractivity contribution in [3.8, 4) is 0 Å². The summed E-state index contributed by atoms with van der Waals surface area (Å²) >= 11 is 1.39. The Morgan fingerprint density at radius 1 is 1.22 bits per heavy atom. The molecule has 132 valence electrons. The number of esters is 1. The molecule has 1 saturated carbocycles. The number of carbonyl (C=O) groups excluding carboxylic acids is 2. The lowest BCUT2D eigenvalue weighted by atomic mass is 10.0. The lowest BCUT2D eigenvalue weighted by molar-refractivity contribution is -0.164. The van der Waals surface area contributed by atoms with Crippen molar-refractivity contribution in [2.24, 2.45) is 0 Å². The smallest absolute Gasteiger partial charge is 0.410 e. The summed E-state index contributed by atoms with van der Waals surface area (Å²) in [5.74, 6) is -1.42. The summed E-state index contributed by atoms with van der Waals surface area (Å²) in [6.45, 7) is 3.04. The van der Waals surface area contributed by atoms with Crippen molar-refractivity contribution in [2.75, 3.05) is 6.54 Å². The number of amides is 1. The van der Waals surface area contributed by atoms with Crippen LogP contribution in [0.15, 0.2) is 0 Å². The normalized spacial score (nSPS) is 17.8. The first-order chi connectivity index (χ1) is 10.9. The van der Waals surface area contributed by atoms with Gasteiger partial charge in [-0.15, -0.1) is 11.8 Å². The van der Waals surface area contributed by atoms with Gasteiger partial charge in [-0.25, -0.2) is 4.79 Å². The number of rotatable bonds is 8. The van der Waals surface area contributed by atoms with Crippen LogP contribution in [0.1, 0.15) is 52.4 Å². The highest BCUT2D eigenvalue weighted by Gasteiger charge is 2.25. The highest BCUT2D eigenvalue weighted by atomic mass is 32.2. The van der Waals surface area contributed by atoms with Gasteiger partial charge in [-0.1, -0.05) is 26.2 Å². The topological polar surface area (TPSA) is 102 Å². The van der Waals surface area contributed by atoms with Gasteiger partial charge in [0.15, 0.2) is 0 Å². The van der Waals surface area contributed by atoms with Crippen LogP contribution < -0.4 is 5.32 Å². The molecule has 1 aliphatic rings. The number of ether oxygens (including phenoxy) is 2. The first-order valence-corrected chi connectivity index (χ1v) is 8.88. The first-order valence-electron chi connectivity index (χ1n) is 7.94. The molecule has 0 radical (unpaired) electrons. The third kappa shape index (κ3) is 8.11. The Labute approximate surface area is 140 Å². The third-order valence-corrected chi connectivity index (χ3v) is 5.03. The quantitative estimate of drug-likeness (QED) is 0.514. The van der Waals surface area contributed by atoms with Gasteiger partial charge in [-0.3, -0.25) is 9.59 Å². The molecule has 0 saturated heterocycles. The maximum Gasteiger partial charge on any atom is 0.410 e. The fourth-order valence-corrected chi connectivity index (χ4v) is 3.65. The van der Waals surface area contributed by atoms with Gasteiger partial charge in [0.25, 0.3) is 0 Å². The number of nitrogens with one attached hydrogen (secondary N) is 1. The molecule has 0 heterocycles. The SMILES string of the molecule is CCC(=O)O[C@@H](C)OC(=O)NC[C@H](SC1CCCCC1)C(=O)O. The zero-order chi connectivity index (χ0) is 17.2. The van der Waals surface area contributed by atoms with Gasteiger partial charge in [-0.05, 0) is 12.8 Å². The number of thioether (sulfide) groups is 1. The summed E-state index contributed by atoms with van der Waals surface area (Å²) in [6, 6.07) is 0. The number of carbonyl (C=O) groups is 3. The van der Waals surface area contributed by atoms with E-state index in [-0.39, 0.29) is 13.0 Å². The van der Waals surface area contributed by atoms with Crippen LogP contribution in [0.4, 0.5) is 4.79 Å². The summed E-state index contributed by atoms with van der Waals surface area (Å²) < 4.78 is 9.65. The Kier molecular flexibility index (Phi) is 8.83. The molecule has 23 heavy (non-hydrogen) atoms. The molecule has 0 aromatic heterocycles. The van der Waals surface area contributed by atoms with E-state index < -0.39 is 29.6 Å². The summed E-state index contributed by atoms with van der Waals surface area (Å²) in [5, 5.41) is 11.3. The third-order valence-electron chi connectivity index (χ3n) is 3.48. The largest absolute Gasteiger partial charge is 0.480 e. The number of carboxylic acid groups (broad SMARTS) is 1. The monoisotopic (exact) mass is 347 g/mol. The van der Waals surface area contributed by atoms with E-state index in [1.165, 1.54) is 25.1 Å². The molecule has 0 unspecified atom stereocenters. The molecule has 0 bridgehead atoms. The number of hydrogen-bond donors (Lipinski definition) is 2. The zero-order valence-electron chi connectivity index (χ0n) is 13.6. The van der Waals surface area contributed by atoms with Crippen molar-refractivity contribution in [2.45, 2.75) is 69.2 Å². The standard InChI is InChI=1S/C15H25NO6S/c1-3-13(17)21-10(2)22-15(20)16-9-12(14(18)19)23-11-7-5-4-6-8-11/h10-12H,3-9H2,1-2H3,(H,16,20)(H,18,19)/t10-,12+/m1/s1. The van der Waals surface area contributed by atoms with Gasteiger partial charge in [-0.2, -0.15) is 0 Å². The molecule has 1 rings (SSSR count). The van der Waals surface area contributed by atoms with Gasteiger partial charge >= 0.3 is 18.0 Å². The molecule has 1 aliphatic carbocycles. The van der Waals surface area contributed by atoms with Gasteiger partial charge in [0, 0.05) is 25.1 Å². The van der Waals surface area contributed by atoms with E-state index in [4.69, 9.17) is 9.47 Å². The average molecular weight is 347 g/mol. The van der Waals surface area contributed by atoms with Gasteiger partial charge < -0.3 is 19.9 Å². The van der Waals surface area contributed by atoms with Crippen molar-refractivity contribution < 1.29 is 29.0 Å². The molecule has 0 spiro atoms. The van der Waals surface area contributed by atoms with Crippen LogP contribution >= 0.6 is 11.8 Å². The Bertz CT molecular complexity index is 411. The molecule has 2 atom stereocenters. The summed E-state index contributed by atoms with van der Waals surface area (Å²) in [7, 11) is 0. The van der Waals surface area contributed by atoms with Gasteiger partial charge in [0.2, 0.25) is 6.29 Å². The van der Waals surface area contributed by atoms with Crippen LogP contribution in [0.25, 0.3) is 0 Å². The van der Waals surface area contributed by atoms with Gasteiger partial charge in [0.05, 0.1) is 0 Å². The molecule has 0 aliphatic heterocycles. The zero-order valence-corrected chi connectivity index (χ0v) is 14.4. The Hall–Kier alpha value is -1.44. The molecule has 7 nitrogen and oxygen atoms in total. The highest BCUT2D eigenvalue weighted by Crippen LogP contribution is 2.31. The summed E-state index contributed by atoms with van der Waals surface area (Å²) in [4.78, 5) is 34.0. The molecule has 0 aromatic rings. The molecular formula is C15H25NO6S. The van der Waals surface area contributed by atoms with Crippen LogP contribution in [-0.2, 0) is 19.1 Å². The first kappa shape index (κ1) is 19.6. The predicted octanol–water partition coefficient (Wildman–Crippen LogP) is 2.53. The number of alkyl carbamates (subject to hydrolysis) is 1. The number of aliphatic carboxylic acids is 1. The predicted molar refractivity (Wildman–Crippen MR) is 86.2 cm³/mol. The second-order valence-corrected chi connectivity index (χ2v) is 6.93. The highest BCUT2D eigenvalue weighted by molar-refractivity contribution is 8.01. The summed E-state index contributed by atoms with van der Waals surface area (Å²) in [5.41, 5.74) is 0. The fraction of sp³-hybridized carbons (Fsp3) is 0.800. The molecular weight excluding hydrogens is 322 g/mol. The van der Waals surface area contributed by atoms with E-state index in [9.17, 15) is 19.5 Å². The van der Waals surface area contributed by atoms with E-state index in [0.717, 1.165) is 25.7 Å². The van der Waals surface area contributed by atoms with Crippen LogP contribution in [0.2, 0.25) is 0 Å². The second kappa shape index (κ2) is 10.4. The van der Waals surface area contributed by atoms with E-state index in [2.05, 4.69) is 5.32 Å². The molecule has 1 fully saturated rings. The average Bonchev–Trinajstić information content (AvgIpc) is 2.51. The van der Waals surface area contributed by atoms with E-state index >= 15 is 0 Å². The van der Waals surface area contributed by atoms with E-state index in [1.807, 2.05) is 0 Å². The van der Waals surface area contributed by atoms with Crippen molar-refractivity contribution in [1.29, 1.82) is 0 Å². The molecule has 2 N–H and O–H groups in total. The van der Waals surface area contributed by atoms with Gasteiger partial charge in [0.1, 0.15) is 5.25 Å².